The van der Waals surface area contributed by atoms with Crippen LogP contribution in [0.5, 0.6) is 11.5 Å². The van der Waals surface area contributed by atoms with Gasteiger partial charge in [-0.25, -0.2) is 0 Å². The van der Waals surface area contributed by atoms with Crippen molar-refractivity contribution in [2.45, 2.75) is 33.0 Å². The smallest absolute Gasteiger partial charge is 0.0622 e. The molecule has 0 aliphatic heterocycles. The SMILES string of the molecule is [2H]C([2H])([2H])c1cc(-n2c3[c-]c(Oc4[c-]c(-n5[c](=[Pt])n(C([2H])([2H])[2H])c6ccccc65)ccc4)ccc3c3cc4c(cc32)CCC(C)C4)ncc1-c1ccccc1. The minimum Gasteiger partial charge on any atom is -0.0622 e. The molecule has 0 N–H and O–H groups in total. The van der Waals surface area contributed by atoms with Crippen molar-refractivity contribution in [3.05, 3.63) is 142 Å². The third-order valence-corrected chi connectivity index (χ3v) is 10.6. The number of imidazole rings is 1. The van der Waals surface area contributed by atoms with Gasteiger partial charge in [-0.05, 0) is 54.3 Å². The van der Waals surface area contributed by atoms with Gasteiger partial charge >= 0.3 is 198 Å². The zero-order valence-corrected chi connectivity index (χ0v) is 28.9. The number of ether oxygens (including phenoxy) is 1. The number of rotatable bonds is 5. The van der Waals surface area contributed by atoms with E-state index >= 15 is 0 Å². The number of fused-ring (bicyclic) bond motifs is 5. The van der Waals surface area contributed by atoms with Crippen molar-refractivity contribution in [3.8, 4) is 34.1 Å². The molecular formula is C43H34N4OPt-2. The van der Waals surface area contributed by atoms with E-state index in [-0.39, 0.29) is 5.56 Å². The Hall–Kier alpha value is -4.99. The first-order chi connectivity index (χ1) is 26.3. The van der Waals surface area contributed by atoms with Crippen LogP contribution in [0.4, 0.5) is 0 Å². The first kappa shape index (κ1) is 24.2. The van der Waals surface area contributed by atoms with E-state index in [0.717, 1.165) is 46.6 Å². The predicted octanol–water partition coefficient (Wildman–Crippen LogP) is 10.0. The second kappa shape index (κ2) is 11.9. The second-order valence-electron chi connectivity index (χ2n) is 12.8. The molecule has 9 rings (SSSR count). The summed E-state index contributed by atoms with van der Waals surface area (Å²) < 4.78 is 62.3. The number of benzene rings is 5. The quantitative estimate of drug-likeness (QED) is 0.162. The number of nitrogens with zero attached hydrogens (tertiary/aromatic N) is 4. The van der Waals surface area contributed by atoms with E-state index in [1.165, 1.54) is 15.7 Å². The van der Waals surface area contributed by atoms with Crippen molar-refractivity contribution >= 4 is 32.8 Å². The van der Waals surface area contributed by atoms with Gasteiger partial charge in [0.05, 0.1) is 0 Å². The summed E-state index contributed by atoms with van der Waals surface area (Å²) in [5.41, 5.74) is 7.77. The van der Waals surface area contributed by atoms with Gasteiger partial charge in [-0.15, -0.1) is 0 Å². The summed E-state index contributed by atoms with van der Waals surface area (Å²) in [6, 6.07) is 39.4. The molecule has 244 valence electrons. The Balaban J connectivity index is 1.20. The molecule has 6 heteroatoms. The minimum absolute atomic E-state index is 0.219. The molecule has 1 unspecified atom stereocenters. The van der Waals surface area contributed by atoms with Gasteiger partial charge in [-0.2, -0.15) is 0 Å². The molecule has 0 fully saturated rings. The molecule has 49 heavy (non-hydrogen) atoms. The first-order valence-corrected chi connectivity index (χ1v) is 17.5. The van der Waals surface area contributed by atoms with Crippen LogP contribution in [0.3, 0.4) is 0 Å². The fourth-order valence-electron chi connectivity index (χ4n) is 7.16. The summed E-state index contributed by atoms with van der Waals surface area (Å²) in [6.07, 6.45) is 4.75. The average molecular weight is 824 g/mol. The first-order valence-electron chi connectivity index (χ1n) is 19.3. The topological polar surface area (TPSA) is 36.9 Å². The fourth-order valence-corrected chi connectivity index (χ4v) is 7.98. The van der Waals surface area contributed by atoms with Crippen LogP contribution in [0.1, 0.15) is 38.3 Å². The third-order valence-electron chi connectivity index (χ3n) is 9.57. The van der Waals surface area contributed by atoms with Crippen molar-refractivity contribution in [3.63, 3.8) is 0 Å². The van der Waals surface area contributed by atoms with Gasteiger partial charge in [0.2, 0.25) is 0 Å². The van der Waals surface area contributed by atoms with E-state index in [1.807, 2.05) is 101 Å². The van der Waals surface area contributed by atoms with E-state index in [4.69, 9.17) is 17.9 Å². The van der Waals surface area contributed by atoms with Gasteiger partial charge in [0.1, 0.15) is 0 Å². The number of aromatic nitrogens is 4. The zero-order valence-electron chi connectivity index (χ0n) is 32.6. The Morgan fingerprint density at radius 2 is 1.65 bits per heavy atom. The minimum atomic E-state index is -2.39. The Morgan fingerprint density at radius 3 is 2.51 bits per heavy atom. The van der Waals surface area contributed by atoms with Crippen molar-refractivity contribution in [2.24, 2.45) is 12.9 Å². The van der Waals surface area contributed by atoms with E-state index in [0.29, 0.717) is 49.3 Å². The molecule has 3 aromatic heterocycles. The summed E-state index contributed by atoms with van der Waals surface area (Å²) >= 11 is 2.04. The van der Waals surface area contributed by atoms with Crippen LogP contribution in [0.25, 0.3) is 55.5 Å². The molecule has 0 radical (unpaired) electrons. The summed E-state index contributed by atoms with van der Waals surface area (Å²) in [5, 5.41) is 1.99. The van der Waals surface area contributed by atoms with Gasteiger partial charge in [0.15, 0.2) is 0 Å². The number of aryl methyl sites for hydroxylation is 3. The number of pyridine rings is 1. The molecule has 1 aliphatic carbocycles. The third kappa shape index (κ3) is 5.11. The van der Waals surface area contributed by atoms with Crippen molar-refractivity contribution in [1.82, 2.24) is 18.7 Å². The number of para-hydroxylation sites is 2. The summed E-state index contributed by atoms with van der Waals surface area (Å²) in [5.74, 6) is 1.93. The van der Waals surface area contributed by atoms with Gasteiger partial charge < -0.3 is 0 Å². The van der Waals surface area contributed by atoms with Gasteiger partial charge in [0.25, 0.3) is 0 Å². The maximum atomic E-state index is 8.52. The molecule has 0 saturated heterocycles. The number of hydrogen-bond donors (Lipinski definition) is 0. The second-order valence-corrected chi connectivity index (χ2v) is 13.8. The van der Waals surface area contributed by atoms with Gasteiger partial charge in [-0.1, -0.05) is 37.3 Å². The van der Waals surface area contributed by atoms with Crippen LogP contribution < -0.4 is 4.74 Å². The molecule has 5 aromatic carbocycles. The number of hydrogen-bond acceptors (Lipinski definition) is 2. The zero-order chi connectivity index (χ0) is 38.2. The van der Waals surface area contributed by atoms with Crippen LogP contribution in [-0.4, -0.2) is 18.7 Å². The molecule has 1 atom stereocenters. The van der Waals surface area contributed by atoms with E-state index in [1.54, 1.807) is 24.4 Å². The van der Waals surface area contributed by atoms with E-state index in [9.17, 15) is 0 Å². The normalized spacial score (nSPS) is 16.8. The average Bonchev–Trinajstić information content (AvgIpc) is 3.64. The molecule has 3 heterocycles. The van der Waals surface area contributed by atoms with Crippen molar-refractivity contribution in [2.75, 3.05) is 0 Å². The van der Waals surface area contributed by atoms with E-state index < -0.39 is 13.8 Å². The molecule has 8 aromatic rings. The molecule has 0 saturated carbocycles. The van der Waals surface area contributed by atoms with Gasteiger partial charge in [-0.3, -0.25) is 0 Å². The van der Waals surface area contributed by atoms with Crippen LogP contribution in [0.15, 0.2) is 109 Å². The van der Waals surface area contributed by atoms with Crippen LogP contribution >= 0.6 is 0 Å². The summed E-state index contributed by atoms with van der Waals surface area (Å²) in [7, 11) is 0. The predicted molar refractivity (Wildman–Crippen MR) is 193 cm³/mol. The molecular weight excluding hydrogens is 784 g/mol. The Labute approximate surface area is 304 Å². The Morgan fingerprint density at radius 1 is 0.816 bits per heavy atom. The molecule has 0 bridgehead atoms. The van der Waals surface area contributed by atoms with Gasteiger partial charge in [0, 0.05) is 15.9 Å². The van der Waals surface area contributed by atoms with E-state index in [2.05, 4.69) is 31.2 Å². The fraction of sp³-hybridized carbons (Fsp3) is 0.163. The Kier molecular flexibility index (Phi) is 5.85. The Bertz CT molecular complexity index is 2850. The summed E-state index contributed by atoms with van der Waals surface area (Å²) in [6.45, 7) is -2.47. The van der Waals surface area contributed by atoms with Crippen molar-refractivity contribution in [1.29, 1.82) is 0 Å². The molecule has 5 nitrogen and oxygen atoms in total. The standard InChI is InChI=1S/C43H34N4O.Pt/c1-28-16-17-31-23-41-37(22-32(31)20-28)36-19-18-35(25-42(36)47(41)43-21-29(2)38(26-44-43)30-10-5-4-6-11-30)48-34-13-9-12-33(24-34)46-27-45(3)39-14-7-8-15-40(39)46;/h4-15,18-19,21-23,26,28H,16-17,20H2,1-3H3;/q-2;/i2D3,3D3;. The summed E-state index contributed by atoms with van der Waals surface area (Å²) in [4.78, 5) is 4.91. The van der Waals surface area contributed by atoms with Crippen molar-refractivity contribution < 1.29 is 32.3 Å². The molecule has 0 spiro atoms. The van der Waals surface area contributed by atoms with Crippen LogP contribution in [0.2, 0.25) is 0 Å². The monoisotopic (exact) mass is 823 g/mol. The maximum absolute atomic E-state index is 8.52. The van der Waals surface area contributed by atoms with Crippen LogP contribution in [-0.2, 0) is 39.2 Å². The van der Waals surface area contributed by atoms with Crippen LogP contribution in [0, 0.1) is 28.7 Å². The molecule has 1 aliphatic rings. The molecule has 0 amide bonds.